The summed E-state index contributed by atoms with van der Waals surface area (Å²) in [6.45, 7) is 4.81. The molecule has 1 aliphatic carbocycles. The van der Waals surface area contributed by atoms with E-state index in [0.717, 1.165) is 24.8 Å². The van der Waals surface area contributed by atoms with Gasteiger partial charge in [-0.15, -0.1) is 17.9 Å². The molecule has 1 fully saturated rings. The lowest BCUT2D eigenvalue weighted by molar-refractivity contribution is -0.143. The molecule has 30 heavy (non-hydrogen) atoms. The van der Waals surface area contributed by atoms with Crippen molar-refractivity contribution in [2.75, 3.05) is 26.2 Å². The first-order chi connectivity index (χ1) is 14.6. The molecule has 1 aromatic heterocycles. The Kier molecular flexibility index (Phi) is 6.18. The summed E-state index contributed by atoms with van der Waals surface area (Å²) in [5.41, 5.74) is 1.04. The Labute approximate surface area is 179 Å². The highest BCUT2D eigenvalue weighted by atomic mass is 32.1. The fourth-order valence-corrected chi connectivity index (χ4v) is 4.76. The van der Waals surface area contributed by atoms with Crippen molar-refractivity contribution in [1.29, 1.82) is 0 Å². The number of amides is 2. The number of hydrogen-bond donors (Lipinski definition) is 0. The van der Waals surface area contributed by atoms with Crippen LogP contribution < -0.4 is 4.74 Å². The van der Waals surface area contributed by atoms with Crippen molar-refractivity contribution in [2.45, 2.75) is 25.3 Å². The number of benzene rings is 1. The van der Waals surface area contributed by atoms with Crippen molar-refractivity contribution < 1.29 is 18.7 Å². The highest BCUT2D eigenvalue weighted by Gasteiger charge is 2.37. The van der Waals surface area contributed by atoms with Crippen molar-refractivity contribution in [3.8, 4) is 5.75 Å². The minimum atomic E-state index is -0.427. The zero-order chi connectivity index (χ0) is 21.1. The summed E-state index contributed by atoms with van der Waals surface area (Å²) in [5.74, 6) is -0.309. The van der Waals surface area contributed by atoms with Gasteiger partial charge in [-0.3, -0.25) is 9.59 Å². The highest BCUT2D eigenvalue weighted by molar-refractivity contribution is 7.10. The first kappa shape index (κ1) is 20.6. The van der Waals surface area contributed by atoms with Crippen LogP contribution in [0.4, 0.5) is 4.39 Å². The maximum absolute atomic E-state index is 14.0. The van der Waals surface area contributed by atoms with Gasteiger partial charge >= 0.3 is 0 Å². The fraction of sp³-hybridized carbons (Fsp3) is 0.391. The van der Waals surface area contributed by atoms with E-state index in [9.17, 15) is 14.0 Å². The van der Waals surface area contributed by atoms with Gasteiger partial charge in [0.05, 0.1) is 6.04 Å². The first-order valence-electron chi connectivity index (χ1n) is 10.2. The average Bonchev–Trinajstić information content (AvgIpc) is 3.48. The van der Waals surface area contributed by atoms with E-state index in [-0.39, 0.29) is 42.7 Å². The number of halogens is 1. The number of rotatable bonds is 8. The Bertz CT molecular complexity index is 940. The van der Waals surface area contributed by atoms with E-state index < -0.39 is 5.82 Å². The zero-order valence-corrected chi connectivity index (χ0v) is 17.6. The minimum Gasteiger partial charge on any atom is -0.488 e. The molecule has 7 heteroatoms. The van der Waals surface area contributed by atoms with Crippen LogP contribution in [0.25, 0.3) is 0 Å². The van der Waals surface area contributed by atoms with Crippen LogP contribution in [0, 0.1) is 11.7 Å². The molecule has 0 N–H and O–H groups in total. The molecular formula is C23H25FN2O3S. The smallest absolute Gasteiger partial charge is 0.242 e. The van der Waals surface area contributed by atoms with E-state index in [1.165, 1.54) is 10.9 Å². The summed E-state index contributed by atoms with van der Waals surface area (Å²) in [7, 11) is 0. The summed E-state index contributed by atoms with van der Waals surface area (Å²) in [4.78, 5) is 30.3. The van der Waals surface area contributed by atoms with Gasteiger partial charge in [0.15, 0.2) is 11.6 Å². The molecule has 0 saturated heterocycles. The van der Waals surface area contributed by atoms with Gasteiger partial charge in [0.25, 0.3) is 0 Å². The molecule has 1 aromatic carbocycles. The van der Waals surface area contributed by atoms with Crippen molar-refractivity contribution in [2.24, 2.45) is 5.92 Å². The second-order valence-corrected chi connectivity index (χ2v) is 8.68. The van der Waals surface area contributed by atoms with Crippen molar-refractivity contribution in [3.63, 3.8) is 0 Å². The molecule has 1 atom stereocenters. The summed E-state index contributed by atoms with van der Waals surface area (Å²) < 4.78 is 19.8. The van der Waals surface area contributed by atoms with Gasteiger partial charge in [0.2, 0.25) is 11.8 Å². The number of ether oxygens (including phenoxy) is 1. The molecular weight excluding hydrogens is 403 g/mol. The Morgan fingerprint density at radius 3 is 2.83 bits per heavy atom. The van der Waals surface area contributed by atoms with Crippen LogP contribution in [0.1, 0.15) is 29.3 Å². The Hall–Kier alpha value is -2.67. The standard InChI is InChI=1S/C23H25FN2O3S/c1-2-11-25(23(28)16-7-8-16)14-22(27)26-12-9-21-17(10-13-30-21)19(26)15-29-20-6-4-3-5-18(20)24/h2-6,10,13,16,19H,1,7-9,11-12,14-15H2. The van der Waals surface area contributed by atoms with Crippen molar-refractivity contribution in [1.82, 2.24) is 9.80 Å². The van der Waals surface area contributed by atoms with Crippen molar-refractivity contribution in [3.05, 3.63) is 64.6 Å². The number of nitrogens with zero attached hydrogens (tertiary/aromatic N) is 2. The second kappa shape index (κ2) is 9.00. The van der Waals surface area contributed by atoms with E-state index in [1.807, 2.05) is 11.4 Å². The minimum absolute atomic E-state index is 0.0237. The molecule has 2 amide bonds. The summed E-state index contributed by atoms with van der Waals surface area (Å²) >= 11 is 1.66. The number of carbonyl (C=O) groups is 2. The lowest BCUT2D eigenvalue weighted by Crippen LogP contribution is -2.48. The topological polar surface area (TPSA) is 49.9 Å². The predicted octanol–water partition coefficient (Wildman–Crippen LogP) is 3.82. The number of carbonyl (C=O) groups excluding carboxylic acids is 2. The van der Waals surface area contributed by atoms with E-state index in [1.54, 1.807) is 45.4 Å². The van der Waals surface area contributed by atoms with Crippen LogP contribution in [0.15, 0.2) is 48.4 Å². The van der Waals surface area contributed by atoms with Crippen LogP contribution in [-0.4, -0.2) is 47.9 Å². The molecule has 1 unspecified atom stereocenters. The van der Waals surface area contributed by atoms with Gasteiger partial charge < -0.3 is 14.5 Å². The first-order valence-corrected chi connectivity index (χ1v) is 11.1. The molecule has 2 aromatic rings. The Morgan fingerprint density at radius 1 is 1.30 bits per heavy atom. The van der Waals surface area contributed by atoms with Crippen LogP contribution >= 0.6 is 11.3 Å². The Balaban J connectivity index is 1.51. The molecule has 0 spiro atoms. The van der Waals surface area contributed by atoms with Crippen LogP contribution in [0.5, 0.6) is 5.75 Å². The van der Waals surface area contributed by atoms with Crippen LogP contribution in [-0.2, 0) is 16.0 Å². The maximum Gasteiger partial charge on any atom is 0.242 e. The van der Waals surface area contributed by atoms with E-state index in [0.29, 0.717) is 13.1 Å². The van der Waals surface area contributed by atoms with Gasteiger partial charge in [-0.2, -0.15) is 0 Å². The average molecular weight is 429 g/mol. The third-order valence-corrected chi connectivity index (χ3v) is 6.56. The lowest BCUT2D eigenvalue weighted by atomic mass is 10.0. The third-order valence-electron chi connectivity index (χ3n) is 5.56. The maximum atomic E-state index is 14.0. The normalized spacial score (nSPS) is 17.9. The summed E-state index contributed by atoms with van der Waals surface area (Å²) in [6.07, 6.45) is 4.20. The van der Waals surface area contributed by atoms with Crippen LogP contribution in [0.3, 0.4) is 0 Å². The van der Waals surface area contributed by atoms with E-state index in [2.05, 4.69) is 6.58 Å². The summed E-state index contributed by atoms with van der Waals surface area (Å²) in [5, 5.41) is 2.01. The number of para-hydroxylation sites is 1. The number of hydrogen-bond acceptors (Lipinski definition) is 4. The lowest BCUT2D eigenvalue weighted by Gasteiger charge is -2.37. The molecule has 0 bridgehead atoms. The van der Waals surface area contributed by atoms with E-state index >= 15 is 0 Å². The number of fused-ring (bicyclic) bond motifs is 1. The highest BCUT2D eigenvalue weighted by Crippen LogP contribution is 2.35. The van der Waals surface area contributed by atoms with Gasteiger partial charge in [0.1, 0.15) is 13.2 Å². The van der Waals surface area contributed by atoms with Gasteiger partial charge in [-0.05, 0) is 48.4 Å². The predicted molar refractivity (Wildman–Crippen MR) is 114 cm³/mol. The SMILES string of the molecule is C=CCN(CC(=O)N1CCc2sccc2C1COc1ccccc1F)C(=O)C1CC1. The summed E-state index contributed by atoms with van der Waals surface area (Å²) in [6, 6.07) is 7.96. The van der Waals surface area contributed by atoms with Gasteiger partial charge in [-0.1, -0.05) is 18.2 Å². The molecule has 1 saturated carbocycles. The van der Waals surface area contributed by atoms with Crippen molar-refractivity contribution >= 4 is 23.2 Å². The van der Waals surface area contributed by atoms with Gasteiger partial charge in [-0.25, -0.2) is 4.39 Å². The fourth-order valence-electron chi connectivity index (χ4n) is 3.84. The van der Waals surface area contributed by atoms with E-state index in [4.69, 9.17) is 4.74 Å². The van der Waals surface area contributed by atoms with Crippen LogP contribution in [0.2, 0.25) is 0 Å². The molecule has 4 rings (SSSR count). The molecule has 2 heterocycles. The second-order valence-electron chi connectivity index (χ2n) is 7.68. The monoisotopic (exact) mass is 428 g/mol. The quantitative estimate of drug-likeness (QED) is 0.601. The third kappa shape index (κ3) is 4.41. The molecule has 2 aliphatic rings. The largest absolute Gasteiger partial charge is 0.488 e. The molecule has 158 valence electrons. The van der Waals surface area contributed by atoms with Gasteiger partial charge in [0, 0.05) is 23.9 Å². The zero-order valence-electron chi connectivity index (χ0n) is 16.8. The number of thiophene rings is 1. The molecule has 1 aliphatic heterocycles. The Morgan fingerprint density at radius 2 is 2.10 bits per heavy atom. The molecule has 5 nitrogen and oxygen atoms in total. The molecule has 0 radical (unpaired) electrons.